The molecule has 0 aliphatic heterocycles. The summed E-state index contributed by atoms with van der Waals surface area (Å²) >= 11 is 0. The van der Waals surface area contributed by atoms with Crippen LogP contribution in [-0.4, -0.2) is 5.91 Å². The Bertz CT molecular complexity index is 919. The largest absolute Gasteiger partial charge is 0.451 e. The van der Waals surface area contributed by atoms with Crippen LogP contribution in [0.3, 0.4) is 0 Å². The molecule has 0 fully saturated rings. The van der Waals surface area contributed by atoms with Gasteiger partial charge in [-0.05, 0) is 69.5 Å². The molecular formula is C20H21NO2. The van der Waals surface area contributed by atoms with E-state index >= 15 is 0 Å². The van der Waals surface area contributed by atoms with Crippen LogP contribution >= 0.6 is 0 Å². The van der Waals surface area contributed by atoms with E-state index in [9.17, 15) is 4.79 Å². The number of fused-ring (bicyclic) bond motifs is 1. The molecule has 1 amide bonds. The molecule has 3 heteroatoms. The Kier molecular flexibility index (Phi) is 3.72. The molecule has 0 bridgehead atoms. The lowest BCUT2D eigenvalue weighted by Gasteiger charge is -2.08. The Balaban J connectivity index is 1.99. The lowest BCUT2D eigenvalue weighted by atomic mass is 10.0. The van der Waals surface area contributed by atoms with Crippen molar-refractivity contribution in [2.45, 2.75) is 34.6 Å². The molecule has 0 atom stereocenters. The van der Waals surface area contributed by atoms with Gasteiger partial charge in [0.2, 0.25) is 0 Å². The summed E-state index contributed by atoms with van der Waals surface area (Å²) in [5.74, 6) is 0.172. The number of benzene rings is 2. The maximum atomic E-state index is 12.6. The molecule has 2 aromatic carbocycles. The van der Waals surface area contributed by atoms with E-state index in [-0.39, 0.29) is 5.91 Å². The second-order valence-corrected chi connectivity index (χ2v) is 6.26. The zero-order chi connectivity index (χ0) is 16.7. The number of hydrogen-bond donors (Lipinski definition) is 1. The van der Waals surface area contributed by atoms with E-state index < -0.39 is 0 Å². The zero-order valence-electron chi connectivity index (χ0n) is 14.2. The van der Waals surface area contributed by atoms with Gasteiger partial charge in [0.25, 0.3) is 5.91 Å². The molecule has 0 aliphatic carbocycles. The standard InChI is InChI=1S/C20H21NO2/c1-11-6-7-17(14(4)8-11)21-20(22)19-15(5)16-9-12(2)13(3)10-18(16)23-19/h6-10H,1-5H3,(H,21,22). The third-order valence-electron chi connectivity index (χ3n) is 4.39. The average molecular weight is 307 g/mol. The highest BCUT2D eigenvalue weighted by molar-refractivity contribution is 6.06. The van der Waals surface area contributed by atoms with Crippen LogP contribution in [0.2, 0.25) is 0 Å². The zero-order valence-corrected chi connectivity index (χ0v) is 14.2. The van der Waals surface area contributed by atoms with Gasteiger partial charge in [0, 0.05) is 16.6 Å². The minimum atomic E-state index is -0.207. The van der Waals surface area contributed by atoms with Crippen molar-refractivity contribution >= 4 is 22.6 Å². The third kappa shape index (κ3) is 2.74. The number of amides is 1. The van der Waals surface area contributed by atoms with Crippen molar-refractivity contribution in [1.29, 1.82) is 0 Å². The highest BCUT2D eigenvalue weighted by atomic mass is 16.3. The quantitative estimate of drug-likeness (QED) is 0.704. The van der Waals surface area contributed by atoms with Crippen LogP contribution < -0.4 is 5.32 Å². The van der Waals surface area contributed by atoms with Crippen molar-refractivity contribution < 1.29 is 9.21 Å². The Hall–Kier alpha value is -2.55. The summed E-state index contributed by atoms with van der Waals surface area (Å²) in [6.07, 6.45) is 0. The van der Waals surface area contributed by atoms with Gasteiger partial charge in [-0.15, -0.1) is 0 Å². The van der Waals surface area contributed by atoms with Crippen LogP contribution in [0.5, 0.6) is 0 Å². The van der Waals surface area contributed by atoms with Crippen molar-refractivity contribution in [2.75, 3.05) is 5.32 Å². The number of carbonyl (C=O) groups excluding carboxylic acids is 1. The average Bonchev–Trinajstić information content (AvgIpc) is 2.79. The first-order valence-corrected chi connectivity index (χ1v) is 7.76. The second-order valence-electron chi connectivity index (χ2n) is 6.26. The fourth-order valence-electron chi connectivity index (χ4n) is 2.83. The van der Waals surface area contributed by atoms with Gasteiger partial charge in [0.05, 0.1) is 0 Å². The van der Waals surface area contributed by atoms with Crippen LogP contribution in [0.1, 0.15) is 38.4 Å². The first-order valence-electron chi connectivity index (χ1n) is 7.76. The molecule has 0 unspecified atom stereocenters. The molecule has 1 aromatic heterocycles. The predicted octanol–water partition coefficient (Wildman–Crippen LogP) is 5.23. The van der Waals surface area contributed by atoms with E-state index in [1.807, 2.05) is 52.0 Å². The Labute approximate surface area is 136 Å². The molecule has 0 spiro atoms. The van der Waals surface area contributed by atoms with E-state index in [2.05, 4.69) is 18.3 Å². The normalized spacial score (nSPS) is 11.0. The maximum absolute atomic E-state index is 12.6. The van der Waals surface area contributed by atoms with Crippen molar-refractivity contribution in [3.8, 4) is 0 Å². The monoisotopic (exact) mass is 307 g/mol. The van der Waals surface area contributed by atoms with Gasteiger partial charge < -0.3 is 9.73 Å². The second kappa shape index (κ2) is 5.58. The summed E-state index contributed by atoms with van der Waals surface area (Å²) in [7, 11) is 0. The summed E-state index contributed by atoms with van der Waals surface area (Å²) in [5.41, 5.74) is 7.02. The molecule has 118 valence electrons. The van der Waals surface area contributed by atoms with Crippen molar-refractivity contribution in [2.24, 2.45) is 0 Å². The van der Waals surface area contributed by atoms with Gasteiger partial charge >= 0.3 is 0 Å². The number of aryl methyl sites for hydroxylation is 5. The van der Waals surface area contributed by atoms with Crippen LogP contribution in [-0.2, 0) is 0 Å². The predicted molar refractivity (Wildman–Crippen MR) is 94.3 cm³/mol. The Morgan fingerprint density at radius 1 is 0.913 bits per heavy atom. The van der Waals surface area contributed by atoms with Gasteiger partial charge in [-0.25, -0.2) is 0 Å². The Morgan fingerprint density at radius 2 is 1.61 bits per heavy atom. The minimum Gasteiger partial charge on any atom is -0.451 e. The number of rotatable bonds is 2. The van der Waals surface area contributed by atoms with Gasteiger partial charge in [-0.3, -0.25) is 4.79 Å². The van der Waals surface area contributed by atoms with Crippen molar-refractivity contribution in [3.63, 3.8) is 0 Å². The molecular weight excluding hydrogens is 286 g/mol. The molecule has 3 rings (SSSR count). The Morgan fingerprint density at radius 3 is 2.30 bits per heavy atom. The fourth-order valence-corrected chi connectivity index (χ4v) is 2.83. The molecule has 0 radical (unpaired) electrons. The van der Waals surface area contributed by atoms with Gasteiger partial charge in [-0.1, -0.05) is 17.7 Å². The number of carbonyl (C=O) groups is 1. The van der Waals surface area contributed by atoms with Gasteiger partial charge in [0.15, 0.2) is 5.76 Å². The molecule has 0 saturated heterocycles. The van der Waals surface area contributed by atoms with Crippen LogP contribution in [0, 0.1) is 34.6 Å². The topological polar surface area (TPSA) is 42.2 Å². The maximum Gasteiger partial charge on any atom is 0.291 e. The molecule has 0 saturated carbocycles. The van der Waals surface area contributed by atoms with Crippen LogP contribution in [0.25, 0.3) is 11.0 Å². The fraction of sp³-hybridized carbons (Fsp3) is 0.250. The molecule has 3 aromatic rings. The third-order valence-corrected chi connectivity index (χ3v) is 4.39. The molecule has 23 heavy (non-hydrogen) atoms. The van der Waals surface area contributed by atoms with E-state index in [1.54, 1.807) is 0 Å². The summed E-state index contributed by atoms with van der Waals surface area (Å²) < 4.78 is 5.82. The number of hydrogen-bond acceptors (Lipinski definition) is 2. The van der Waals surface area contributed by atoms with E-state index in [4.69, 9.17) is 4.42 Å². The molecule has 0 aliphatic rings. The minimum absolute atomic E-state index is 0.207. The van der Waals surface area contributed by atoms with Crippen LogP contribution in [0.4, 0.5) is 5.69 Å². The van der Waals surface area contributed by atoms with E-state index in [1.165, 1.54) is 11.1 Å². The summed E-state index contributed by atoms with van der Waals surface area (Å²) in [6, 6.07) is 10.0. The summed E-state index contributed by atoms with van der Waals surface area (Å²) in [5, 5.41) is 3.95. The smallest absolute Gasteiger partial charge is 0.291 e. The van der Waals surface area contributed by atoms with Gasteiger partial charge in [0.1, 0.15) is 5.58 Å². The number of furan rings is 1. The first-order chi connectivity index (χ1) is 10.9. The summed E-state index contributed by atoms with van der Waals surface area (Å²) in [6.45, 7) is 10.1. The summed E-state index contributed by atoms with van der Waals surface area (Å²) in [4.78, 5) is 12.6. The molecule has 3 nitrogen and oxygen atoms in total. The van der Waals surface area contributed by atoms with E-state index in [0.717, 1.165) is 33.3 Å². The SMILES string of the molecule is Cc1ccc(NC(=O)c2oc3cc(C)c(C)cc3c2C)c(C)c1. The highest BCUT2D eigenvalue weighted by Crippen LogP contribution is 2.29. The number of nitrogens with one attached hydrogen (secondary N) is 1. The number of anilines is 1. The first kappa shape index (κ1) is 15.3. The van der Waals surface area contributed by atoms with E-state index in [0.29, 0.717) is 5.76 Å². The van der Waals surface area contributed by atoms with Gasteiger partial charge in [-0.2, -0.15) is 0 Å². The van der Waals surface area contributed by atoms with Crippen LogP contribution in [0.15, 0.2) is 34.7 Å². The lowest BCUT2D eigenvalue weighted by molar-refractivity contribution is 0.0998. The van der Waals surface area contributed by atoms with Crippen molar-refractivity contribution in [3.05, 3.63) is 63.9 Å². The molecule has 1 heterocycles. The molecule has 1 N–H and O–H groups in total. The highest BCUT2D eigenvalue weighted by Gasteiger charge is 2.19. The lowest BCUT2D eigenvalue weighted by Crippen LogP contribution is -2.13. The van der Waals surface area contributed by atoms with Crippen molar-refractivity contribution in [1.82, 2.24) is 0 Å².